The Labute approximate surface area is 186 Å². The fourth-order valence-corrected chi connectivity index (χ4v) is 4.09. The van der Waals surface area contributed by atoms with Crippen molar-refractivity contribution in [3.8, 4) is 0 Å². The number of para-hydroxylation sites is 1. The van der Waals surface area contributed by atoms with Gasteiger partial charge in [-0.05, 0) is 31.2 Å². The maximum Gasteiger partial charge on any atom is 0.311 e. The maximum absolute atomic E-state index is 14.0. The number of carbonyl (C=O) groups is 3. The maximum atomic E-state index is 14.0. The molecule has 0 bridgehead atoms. The quantitative estimate of drug-likeness (QED) is 0.669. The van der Waals surface area contributed by atoms with Crippen molar-refractivity contribution in [2.45, 2.75) is 13.3 Å². The third-order valence-corrected chi connectivity index (χ3v) is 5.97. The van der Waals surface area contributed by atoms with Gasteiger partial charge in [0.2, 0.25) is 5.91 Å². The number of aryl methyl sites for hydroxylation is 1. The minimum Gasteiger partial charge on any atom is -0.455 e. The Morgan fingerprint density at radius 1 is 1.03 bits per heavy atom. The van der Waals surface area contributed by atoms with Crippen LogP contribution in [0.15, 0.2) is 48.5 Å². The summed E-state index contributed by atoms with van der Waals surface area (Å²) in [6, 6.07) is 14.1. The third kappa shape index (κ3) is 4.74. The van der Waals surface area contributed by atoms with Gasteiger partial charge in [0.05, 0.1) is 11.6 Å². The zero-order valence-electron chi connectivity index (χ0n) is 18.0. The summed E-state index contributed by atoms with van der Waals surface area (Å²) in [6.07, 6.45) is 0.0716. The fraction of sp³-hybridized carbons (Fsp3) is 0.375. The van der Waals surface area contributed by atoms with E-state index in [9.17, 15) is 18.8 Å². The van der Waals surface area contributed by atoms with Crippen LogP contribution in [0, 0.1) is 18.7 Å². The molecule has 0 spiro atoms. The summed E-state index contributed by atoms with van der Waals surface area (Å²) in [5.41, 5.74) is 2.36. The number of esters is 1. The van der Waals surface area contributed by atoms with Gasteiger partial charge in [-0.25, -0.2) is 4.39 Å². The highest BCUT2D eigenvalue weighted by Crippen LogP contribution is 2.26. The van der Waals surface area contributed by atoms with Crippen molar-refractivity contribution in [1.29, 1.82) is 0 Å². The zero-order chi connectivity index (χ0) is 22.7. The number of nitrogens with zero attached hydrogens (tertiary/aromatic N) is 3. The van der Waals surface area contributed by atoms with E-state index in [0.29, 0.717) is 31.9 Å². The van der Waals surface area contributed by atoms with Crippen molar-refractivity contribution in [3.05, 3.63) is 59.9 Å². The molecule has 2 saturated heterocycles. The van der Waals surface area contributed by atoms with Crippen LogP contribution < -0.4 is 9.80 Å². The minimum absolute atomic E-state index is 0.0716. The highest BCUT2D eigenvalue weighted by Gasteiger charge is 2.36. The molecule has 0 saturated carbocycles. The van der Waals surface area contributed by atoms with Crippen LogP contribution in [0.2, 0.25) is 0 Å². The number of anilines is 2. The molecule has 2 aliphatic heterocycles. The Morgan fingerprint density at radius 2 is 1.72 bits per heavy atom. The van der Waals surface area contributed by atoms with Gasteiger partial charge in [0, 0.05) is 44.8 Å². The molecule has 1 atom stereocenters. The average Bonchev–Trinajstić information content (AvgIpc) is 3.20. The van der Waals surface area contributed by atoms with Crippen LogP contribution >= 0.6 is 0 Å². The topological polar surface area (TPSA) is 70.2 Å². The smallest absolute Gasteiger partial charge is 0.311 e. The van der Waals surface area contributed by atoms with Gasteiger partial charge < -0.3 is 19.4 Å². The number of piperazine rings is 1. The molecule has 0 aromatic heterocycles. The van der Waals surface area contributed by atoms with E-state index in [1.807, 2.05) is 36.1 Å². The Bertz CT molecular complexity index is 1000. The number of halogens is 1. The molecule has 8 heteroatoms. The number of amides is 2. The Kier molecular flexibility index (Phi) is 6.39. The van der Waals surface area contributed by atoms with Crippen LogP contribution in [0.5, 0.6) is 0 Å². The van der Waals surface area contributed by atoms with Crippen molar-refractivity contribution in [3.63, 3.8) is 0 Å². The Balaban J connectivity index is 1.25. The molecule has 0 aliphatic carbocycles. The lowest BCUT2D eigenvalue weighted by molar-refractivity contribution is -0.155. The fourth-order valence-electron chi connectivity index (χ4n) is 4.09. The molecule has 2 fully saturated rings. The molecule has 168 valence electrons. The standard InChI is InChI=1S/C24H26FN3O4/c1-17-6-8-19(9-7-17)28-15-18(14-22(28)29)24(31)32-16-23(30)27-12-10-26(11-13-27)21-5-3-2-4-20(21)25/h2-9,18H,10-16H2,1H3. The van der Waals surface area contributed by atoms with E-state index in [1.165, 1.54) is 6.07 Å². The normalized spacial score (nSPS) is 18.8. The second-order valence-electron chi connectivity index (χ2n) is 8.17. The predicted molar refractivity (Wildman–Crippen MR) is 118 cm³/mol. The van der Waals surface area contributed by atoms with Crippen LogP contribution in [0.3, 0.4) is 0 Å². The summed E-state index contributed by atoms with van der Waals surface area (Å²) in [4.78, 5) is 42.4. The van der Waals surface area contributed by atoms with Crippen molar-refractivity contribution >= 4 is 29.2 Å². The molecule has 0 radical (unpaired) electrons. The summed E-state index contributed by atoms with van der Waals surface area (Å²) in [5.74, 6) is -1.83. The molecule has 2 aromatic carbocycles. The molecule has 32 heavy (non-hydrogen) atoms. The summed E-state index contributed by atoms with van der Waals surface area (Å²) < 4.78 is 19.2. The zero-order valence-corrected chi connectivity index (χ0v) is 18.0. The summed E-state index contributed by atoms with van der Waals surface area (Å²) in [6.45, 7) is 3.71. The highest BCUT2D eigenvalue weighted by atomic mass is 19.1. The van der Waals surface area contributed by atoms with Crippen LogP contribution in [-0.4, -0.2) is 62.0 Å². The molecule has 4 rings (SSSR count). The second-order valence-corrected chi connectivity index (χ2v) is 8.17. The summed E-state index contributed by atoms with van der Waals surface area (Å²) in [5, 5.41) is 0. The predicted octanol–water partition coefficient (Wildman–Crippen LogP) is 2.38. The van der Waals surface area contributed by atoms with Crippen LogP contribution in [-0.2, 0) is 19.1 Å². The van der Waals surface area contributed by atoms with Gasteiger partial charge in [0.25, 0.3) is 5.91 Å². The lowest BCUT2D eigenvalue weighted by Gasteiger charge is -2.36. The van der Waals surface area contributed by atoms with Crippen LogP contribution in [0.25, 0.3) is 0 Å². The van der Waals surface area contributed by atoms with Crippen molar-refractivity contribution in [2.75, 3.05) is 49.1 Å². The number of carbonyl (C=O) groups excluding carboxylic acids is 3. The average molecular weight is 439 g/mol. The van der Waals surface area contributed by atoms with E-state index in [0.717, 1.165) is 11.3 Å². The molecule has 2 amide bonds. The minimum atomic E-state index is -0.588. The lowest BCUT2D eigenvalue weighted by Crippen LogP contribution is -2.50. The molecule has 2 aliphatic rings. The van der Waals surface area contributed by atoms with Gasteiger partial charge >= 0.3 is 5.97 Å². The molecule has 2 heterocycles. The number of rotatable bonds is 5. The van der Waals surface area contributed by atoms with Gasteiger partial charge in [-0.2, -0.15) is 0 Å². The van der Waals surface area contributed by atoms with E-state index in [2.05, 4.69) is 0 Å². The molecular weight excluding hydrogens is 413 g/mol. The Morgan fingerprint density at radius 3 is 2.41 bits per heavy atom. The van der Waals surface area contributed by atoms with Gasteiger partial charge in [0.1, 0.15) is 5.82 Å². The van der Waals surface area contributed by atoms with Crippen molar-refractivity contribution in [1.82, 2.24) is 4.90 Å². The van der Waals surface area contributed by atoms with E-state index < -0.39 is 11.9 Å². The Hall–Kier alpha value is -3.42. The molecule has 1 unspecified atom stereocenters. The van der Waals surface area contributed by atoms with E-state index in [1.54, 1.807) is 28.0 Å². The summed E-state index contributed by atoms with van der Waals surface area (Å²) in [7, 11) is 0. The largest absolute Gasteiger partial charge is 0.455 e. The first-order valence-corrected chi connectivity index (χ1v) is 10.7. The second kappa shape index (κ2) is 9.38. The SMILES string of the molecule is Cc1ccc(N2CC(C(=O)OCC(=O)N3CCN(c4ccccc4F)CC3)CC2=O)cc1. The number of ether oxygens (including phenoxy) is 1. The highest BCUT2D eigenvalue weighted by molar-refractivity contribution is 5.99. The molecule has 7 nitrogen and oxygen atoms in total. The van der Waals surface area contributed by atoms with Crippen molar-refractivity contribution < 1.29 is 23.5 Å². The number of hydrogen-bond acceptors (Lipinski definition) is 5. The monoisotopic (exact) mass is 439 g/mol. The van der Waals surface area contributed by atoms with E-state index in [4.69, 9.17) is 4.74 Å². The van der Waals surface area contributed by atoms with E-state index >= 15 is 0 Å². The van der Waals surface area contributed by atoms with Crippen LogP contribution in [0.4, 0.5) is 15.8 Å². The van der Waals surface area contributed by atoms with Crippen LogP contribution in [0.1, 0.15) is 12.0 Å². The number of benzene rings is 2. The van der Waals surface area contributed by atoms with Gasteiger partial charge in [-0.1, -0.05) is 29.8 Å². The van der Waals surface area contributed by atoms with Gasteiger partial charge in [-0.15, -0.1) is 0 Å². The van der Waals surface area contributed by atoms with Crippen molar-refractivity contribution in [2.24, 2.45) is 5.92 Å². The number of hydrogen-bond donors (Lipinski definition) is 0. The first-order chi connectivity index (χ1) is 15.4. The molecule has 2 aromatic rings. The molecule has 0 N–H and O–H groups in total. The van der Waals surface area contributed by atoms with Gasteiger partial charge in [-0.3, -0.25) is 14.4 Å². The summed E-state index contributed by atoms with van der Waals surface area (Å²) >= 11 is 0. The third-order valence-electron chi connectivity index (χ3n) is 5.97. The lowest BCUT2D eigenvalue weighted by atomic mass is 10.1. The first-order valence-electron chi connectivity index (χ1n) is 10.7. The molecular formula is C24H26FN3O4. The first kappa shape index (κ1) is 21.8. The van der Waals surface area contributed by atoms with E-state index in [-0.39, 0.29) is 37.2 Å². The van der Waals surface area contributed by atoms with Gasteiger partial charge in [0.15, 0.2) is 6.61 Å².